The summed E-state index contributed by atoms with van der Waals surface area (Å²) in [5.41, 5.74) is 0. The Morgan fingerprint density at radius 2 is 0.873 bits per heavy atom. The fraction of sp³-hybridized carbons (Fsp3) is 0.681. The van der Waals surface area contributed by atoms with Crippen molar-refractivity contribution in [3.63, 3.8) is 0 Å². The van der Waals surface area contributed by atoms with Crippen LogP contribution in [0.1, 0.15) is 252 Å². The van der Waals surface area contributed by atoms with E-state index < -0.39 is 26.6 Å². The molecule has 0 spiro atoms. The summed E-state index contributed by atoms with van der Waals surface area (Å²) in [5, 5.41) is 3.02. The number of nitrogens with zero attached hydrogens (tertiary/aromatic N) is 1. The summed E-state index contributed by atoms with van der Waals surface area (Å²) in [6, 6.07) is -0.909. The minimum absolute atomic E-state index is 0.0338. The Balaban J connectivity index is 5.17. The van der Waals surface area contributed by atoms with E-state index in [1.54, 1.807) is 0 Å². The number of esters is 1. The maximum Gasteiger partial charge on any atom is 0.306 e. The summed E-state index contributed by atoms with van der Waals surface area (Å²) in [5.74, 6) is -0.581. The number of quaternary nitrogens is 1. The highest BCUT2D eigenvalue weighted by molar-refractivity contribution is 7.45. The van der Waals surface area contributed by atoms with Gasteiger partial charge >= 0.3 is 5.97 Å². The SMILES string of the molecule is CC/C=C\C/C=C\C/C=C\C/C=C\C/C=C\C/C=C\CCCCCCCCCCC(=O)NC(COP(=O)([O-])OCC[N+](C)(C)C)C(/C=C\CCCCCCCCCCCCC)OC(=O)CCCCCCC\C=C/C=C/C=C/CC. The Morgan fingerprint density at radius 3 is 1.35 bits per heavy atom. The molecule has 10 heteroatoms. The van der Waals surface area contributed by atoms with Gasteiger partial charge in [0.05, 0.1) is 33.8 Å². The van der Waals surface area contributed by atoms with Crippen LogP contribution in [0.5, 0.6) is 0 Å². The molecule has 0 aromatic rings. The number of ether oxygens (including phenoxy) is 1. The van der Waals surface area contributed by atoms with Crippen molar-refractivity contribution in [3.8, 4) is 0 Å². The van der Waals surface area contributed by atoms with Crippen molar-refractivity contribution in [2.45, 2.75) is 264 Å². The predicted octanol–water partition coefficient (Wildman–Crippen LogP) is 19.3. The van der Waals surface area contributed by atoms with Gasteiger partial charge in [-0.1, -0.05) is 258 Å². The van der Waals surface area contributed by atoms with E-state index in [0.29, 0.717) is 23.9 Å². The highest BCUT2D eigenvalue weighted by Gasteiger charge is 2.27. The van der Waals surface area contributed by atoms with Gasteiger partial charge in [-0.3, -0.25) is 14.2 Å². The number of hydrogen-bond acceptors (Lipinski definition) is 7. The second kappa shape index (κ2) is 57.6. The summed E-state index contributed by atoms with van der Waals surface area (Å²) >= 11 is 0. The highest BCUT2D eigenvalue weighted by Crippen LogP contribution is 2.38. The molecule has 1 N–H and O–H groups in total. The molecule has 0 rings (SSSR count). The molecule has 1 amide bonds. The van der Waals surface area contributed by atoms with E-state index in [1.807, 2.05) is 39.4 Å². The summed E-state index contributed by atoms with van der Waals surface area (Å²) in [6.07, 6.45) is 80.3. The summed E-state index contributed by atoms with van der Waals surface area (Å²) in [6.45, 7) is 6.56. The number of amides is 1. The molecule has 3 atom stereocenters. The van der Waals surface area contributed by atoms with Crippen molar-refractivity contribution >= 4 is 19.7 Å². The van der Waals surface area contributed by atoms with Crippen LogP contribution in [0, 0.1) is 0 Å². The van der Waals surface area contributed by atoms with Gasteiger partial charge in [0.25, 0.3) is 7.82 Å². The first-order valence-electron chi connectivity index (χ1n) is 31.9. The van der Waals surface area contributed by atoms with Crippen LogP contribution >= 0.6 is 7.82 Å². The number of carbonyl (C=O) groups is 2. The second-order valence-corrected chi connectivity index (χ2v) is 23.6. The van der Waals surface area contributed by atoms with Crippen LogP contribution in [0.15, 0.2) is 122 Å². The first-order valence-corrected chi connectivity index (χ1v) is 33.3. The molecule has 0 aliphatic rings. The number of carbonyl (C=O) groups excluding carboxylic acids is 2. The first-order chi connectivity index (χ1) is 38.4. The van der Waals surface area contributed by atoms with Crippen molar-refractivity contribution in [3.05, 3.63) is 122 Å². The largest absolute Gasteiger partial charge is 0.756 e. The third-order valence-electron chi connectivity index (χ3n) is 13.4. The lowest BCUT2D eigenvalue weighted by atomic mass is 10.0. The third-order valence-corrected chi connectivity index (χ3v) is 14.4. The molecule has 0 fully saturated rings. The van der Waals surface area contributed by atoms with E-state index >= 15 is 0 Å². The van der Waals surface area contributed by atoms with Crippen LogP contribution in [-0.4, -0.2) is 69.4 Å². The number of unbranched alkanes of at least 4 members (excludes halogenated alkanes) is 24. The van der Waals surface area contributed by atoms with Crippen molar-refractivity contribution in [1.82, 2.24) is 5.32 Å². The van der Waals surface area contributed by atoms with E-state index in [1.165, 1.54) is 83.5 Å². The lowest BCUT2D eigenvalue weighted by Crippen LogP contribution is -2.47. The number of hydrogen-bond donors (Lipinski definition) is 1. The van der Waals surface area contributed by atoms with Crippen LogP contribution in [0.4, 0.5) is 0 Å². The molecule has 0 saturated heterocycles. The van der Waals surface area contributed by atoms with Crippen LogP contribution in [0.2, 0.25) is 0 Å². The Kier molecular flexibility index (Phi) is 55.0. The molecule has 3 unspecified atom stereocenters. The zero-order chi connectivity index (χ0) is 57.9. The molecule has 9 nitrogen and oxygen atoms in total. The molecule has 0 bridgehead atoms. The normalized spacial score (nSPS) is 14.5. The average molecular weight is 1120 g/mol. The maximum absolute atomic E-state index is 13.6. The average Bonchev–Trinajstić information content (AvgIpc) is 3.41. The number of phosphoric ester groups is 1. The highest BCUT2D eigenvalue weighted by atomic mass is 31.2. The van der Waals surface area contributed by atoms with Crippen molar-refractivity contribution in [2.24, 2.45) is 0 Å². The Hall–Kier alpha value is -3.59. The van der Waals surface area contributed by atoms with Gasteiger partial charge in [0.1, 0.15) is 19.3 Å². The van der Waals surface area contributed by atoms with Crippen LogP contribution in [0.25, 0.3) is 0 Å². The fourth-order valence-corrected chi connectivity index (χ4v) is 9.31. The molecule has 452 valence electrons. The van der Waals surface area contributed by atoms with Gasteiger partial charge in [-0.15, -0.1) is 0 Å². The molecule has 0 radical (unpaired) electrons. The van der Waals surface area contributed by atoms with Gasteiger partial charge in [0, 0.05) is 12.8 Å². The summed E-state index contributed by atoms with van der Waals surface area (Å²) < 4.78 is 30.3. The summed E-state index contributed by atoms with van der Waals surface area (Å²) in [7, 11) is 1.15. The molecule has 0 aromatic heterocycles. The lowest BCUT2D eigenvalue weighted by molar-refractivity contribution is -0.870. The molecular weight excluding hydrogens is 1000 g/mol. The van der Waals surface area contributed by atoms with Gasteiger partial charge in [-0.25, -0.2) is 0 Å². The number of likely N-dealkylation sites (N-methyl/N-ethyl adjacent to an activating group) is 1. The Labute approximate surface area is 486 Å². The zero-order valence-electron chi connectivity index (χ0n) is 51.5. The van der Waals surface area contributed by atoms with E-state index in [0.717, 1.165) is 128 Å². The first kappa shape index (κ1) is 75.4. The van der Waals surface area contributed by atoms with E-state index in [-0.39, 0.29) is 24.9 Å². The molecule has 0 aromatic carbocycles. The molecule has 79 heavy (non-hydrogen) atoms. The number of phosphoric acid groups is 1. The van der Waals surface area contributed by atoms with Crippen LogP contribution in [-0.2, 0) is 27.9 Å². The zero-order valence-corrected chi connectivity index (χ0v) is 52.4. The van der Waals surface area contributed by atoms with Crippen LogP contribution < -0.4 is 10.2 Å². The molecular formula is C69H119N2O7P. The van der Waals surface area contributed by atoms with E-state index in [4.69, 9.17) is 13.8 Å². The predicted molar refractivity (Wildman–Crippen MR) is 339 cm³/mol. The smallest absolute Gasteiger partial charge is 0.306 e. The topological polar surface area (TPSA) is 114 Å². The van der Waals surface area contributed by atoms with Crippen LogP contribution in [0.3, 0.4) is 0 Å². The monoisotopic (exact) mass is 1120 g/mol. The summed E-state index contributed by atoms with van der Waals surface area (Å²) in [4.78, 5) is 40.0. The Morgan fingerprint density at radius 1 is 0.468 bits per heavy atom. The minimum atomic E-state index is -4.71. The maximum atomic E-state index is 13.6. The van der Waals surface area contributed by atoms with Gasteiger partial charge in [-0.2, -0.15) is 0 Å². The molecule has 0 aliphatic carbocycles. The van der Waals surface area contributed by atoms with Gasteiger partial charge < -0.3 is 28.5 Å². The lowest BCUT2D eigenvalue weighted by Gasteiger charge is -2.30. The van der Waals surface area contributed by atoms with Gasteiger partial charge in [-0.05, 0) is 102 Å². The molecule has 0 aliphatic heterocycles. The van der Waals surface area contributed by atoms with Gasteiger partial charge in [0.2, 0.25) is 5.91 Å². The molecule has 0 heterocycles. The van der Waals surface area contributed by atoms with Crippen molar-refractivity contribution < 1.29 is 37.3 Å². The van der Waals surface area contributed by atoms with E-state index in [9.17, 15) is 19.0 Å². The standard InChI is InChI=1S/C69H119N2O7P/c1-7-10-13-16-19-22-25-28-29-30-31-32-33-34-35-36-37-38-39-40-41-44-46-49-52-55-58-61-68(72)70-66(65-77-79(74,75)76-64-63-71(4,5)6)67(60-57-54-51-48-45-42-26-23-20-17-14-11-8-2)78-69(73)62-59-56-53-50-47-43-27-24-21-18-15-12-9-3/h10,12-13,15,18-19,21-22,24,27-29,31-32,34-35,37-38,57,60,66-67H,7-9,11,14,16-17,20,23,25-26,30,33,36,39-56,58-59,61-65H2,1-6H3,(H-,70,72,74,75)/b13-10-,15-12+,21-18+,22-19-,27-24-,29-28-,32-31-,35-34-,38-37-,60-57-. The number of nitrogens with one attached hydrogen (secondary N) is 1. The quantitative estimate of drug-likeness (QED) is 0.0161. The molecule has 0 saturated carbocycles. The van der Waals surface area contributed by atoms with Crippen molar-refractivity contribution in [2.75, 3.05) is 40.9 Å². The van der Waals surface area contributed by atoms with Crippen molar-refractivity contribution in [1.29, 1.82) is 0 Å². The van der Waals surface area contributed by atoms with Gasteiger partial charge in [0.15, 0.2) is 0 Å². The minimum Gasteiger partial charge on any atom is -0.756 e. The number of rotatable bonds is 56. The van der Waals surface area contributed by atoms with E-state index in [2.05, 4.69) is 129 Å². The fourth-order valence-electron chi connectivity index (χ4n) is 8.58. The second-order valence-electron chi connectivity index (χ2n) is 22.2. The number of allylic oxidation sites excluding steroid dienone is 19. The Bertz CT molecular complexity index is 1770. The third kappa shape index (κ3) is 58.9.